The lowest BCUT2D eigenvalue weighted by molar-refractivity contribution is -0.131. The standard InChI is InChI=1S/C21H30N4O2/c26-19-18-15-25(14-13-24(18)12-11-22-19)20(27)23-16-21(9-5-2-6-10-21)17-7-3-1-4-8-17/h1,3-4,7-8,18H,2,5-6,9-16H2,(H,22,26)(H,23,27). The molecule has 4 rings (SSSR count). The molecule has 1 unspecified atom stereocenters. The Morgan fingerprint density at radius 3 is 2.67 bits per heavy atom. The molecular weight excluding hydrogens is 340 g/mol. The fraction of sp³-hybridized carbons (Fsp3) is 0.619. The van der Waals surface area contributed by atoms with E-state index in [1.54, 1.807) is 0 Å². The van der Waals surface area contributed by atoms with Crippen molar-refractivity contribution in [1.29, 1.82) is 0 Å². The zero-order chi connectivity index (χ0) is 18.7. The predicted octanol–water partition coefficient (Wildman–Crippen LogP) is 1.71. The average Bonchev–Trinajstić information content (AvgIpc) is 2.73. The summed E-state index contributed by atoms with van der Waals surface area (Å²) in [5.41, 5.74) is 1.38. The number of urea groups is 1. The number of piperazine rings is 2. The zero-order valence-corrected chi connectivity index (χ0v) is 16.0. The third-order valence-corrected chi connectivity index (χ3v) is 6.55. The minimum atomic E-state index is -0.198. The van der Waals surface area contributed by atoms with E-state index < -0.39 is 0 Å². The van der Waals surface area contributed by atoms with E-state index in [1.807, 2.05) is 11.0 Å². The fourth-order valence-corrected chi connectivity index (χ4v) is 4.91. The minimum absolute atomic E-state index is 0.0334. The van der Waals surface area contributed by atoms with Gasteiger partial charge in [0.15, 0.2) is 0 Å². The molecule has 1 saturated carbocycles. The molecule has 2 saturated heterocycles. The predicted molar refractivity (Wildman–Crippen MR) is 105 cm³/mol. The summed E-state index contributed by atoms with van der Waals surface area (Å²) in [6.45, 7) is 4.20. The van der Waals surface area contributed by atoms with Crippen LogP contribution in [0.4, 0.5) is 4.79 Å². The van der Waals surface area contributed by atoms with E-state index in [0.29, 0.717) is 26.2 Å². The van der Waals surface area contributed by atoms with Crippen LogP contribution in [0, 0.1) is 0 Å². The summed E-state index contributed by atoms with van der Waals surface area (Å²) >= 11 is 0. The molecule has 0 aromatic heterocycles. The van der Waals surface area contributed by atoms with Crippen LogP contribution < -0.4 is 10.6 Å². The lowest BCUT2D eigenvalue weighted by Crippen LogP contribution is -2.65. The molecule has 1 atom stereocenters. The Labute approximate surface area is 161 Å². The maximum atomic E-state index is 12.9. The molecule has 3 fully saturated rings. The third kappa shape index (κ3) is 3.81. The summed E-state index contributed by atoms with van der Waals surface area (Å²) in [7, 11) is 0. The van der Waals surface area contributed by atoms with Crippen molar-refractivity contribution in [3.8, 4) is 0 Å². The third-order valence-electron chi connectivity index (χ3n) is 6.55. The van der Waals surface area contributed by atoms with Crippen molar-refractivity contribution >= 4 is 11.9 Å². The van der Waals surface area contributed by atoms with Gasteiger partial charge in [-0.2, -0.15) is 0 Å². The lowest BCUT2D eigenvalue weighted by Gasteiger charge is -2.43. The second-order valence-electron chi connectivity index (χ2n) is 8.15. The Balaban J connectivity index is 1.40. The number of hydrogen-bond acceptors (Lipinski definition) is 3. The molecule has 2 aliphatic heterocycles. The van der Waals surface area contributed by atoms with Gasteiger partial charge in [-0.05, 0) is 18.4 Å². The van der Waals surface area contributed by atoms with Crippen LogP contribution in [0.15, 0.2) is 30.3 Å². The van der Waals surface area contributed by atoms with E-state index in [9.17, 15) is 9.59 Å². The molecule has 1 aromatic carbocycles. The quantitative estimate of drug-likeness (QED) is 0.851. The first-order valence-corrected chi connectivity index (χ1v) is 10.3. The van der Waals surface area contributed by atoms with Crippen molar-refractivity contribution in [2.75, 3.05) is 39.3 Å². The maximum Gasteiger partial charge on any atom is 0.317 e. The van der Waals surface area contributed by atoms with Gasteiger partial charge in [0.2, 0.25) is 5.91 Å². The Kier molecular flexibility index (Phi) is 5.34. The molecule has 6 heteroatoms. The number of amides is 3. The van der Waals surface area contributed by atoms with E-state index in [0.717, 1.165) is 25.9 Å². The van der Waals surface area contributed by atoms with Gasteiger partial charge in [0.1, 0.15) is 6.04 Å². The van der Waals surface area contributed by atoms with Gasteiger partial charge in [-0.3, -0.25) is 9.69 Å². The van der Waals surface area contributed by atoms with Crippen LogP contribution >= 0.6 is 0 Å². The monoisotopic (exact) mass is 370 g/mol. The highest BCUT2D eigenvalue weighted by Gasteiger charge is 2.38. The van der Waals surface area contributed by atoms with Gasteiger partial charge < -0.3 is 15.5 Å². The molecule has 2 N–H and O–H groups in total. The smallest absolute Gasteiger partial charge is 0.317 e. The van der Waals surface area contributed by atoms with Gasteiger partial charge in [0, 0.05) is 44.7 Å². The molecule has 0 spiro atoms. The number of rotatable bonds is 3. The Morgan fingerprint density at radius 1 is 1.11 bits per heavy atom. The topological polar surface area (TPSA) is 64.7 Å². The number of fused-ring (bicyclic) bond motifs is 1. The molecular formula is C21H30N4O2. The minimum Gasteiger partial charge on any atom is -0.353 e. The van der Waals surface area contributed by atoms with Crippen molar-refractivity contribution in [2.45, 2.75) is 43.6 Å². The molecule has 1 aromatic rings. The molecule has 27 heavy (non-hydrogen) atoms. The first kappa shape index (κ1) is 18.3. The highest BCUT2D eigenvalue weighted by molar-refractivity contribution is 5.84. The van der Waals surface area contributed by atoms with Crippen LogP contribution in [0.25, 0.3) is 0 Å². The summed E-state index contributed by atoms with van der Waals surface area (Å²) in [6.07, 6.45) is 5.95. The second kappa shape index (κ2) is 7.89. The number of carbonyl (C=O) groups is 2. The van der Waals surface area contributed by atoms with Crippen LogP contribution in [0.1, 0.15) is 37.7 Å². The van der Waals surface area contributed by atoms with Gasteiger partial charge in [0.25, 0.3) is 0 Å². The van der Waals surface area contributed by atoms with Crippen molar-refractivity contribution in [3.63, 3.8) is 0 Å². The first-order chi connectivity index (χ1) is 13.2. The van der Waals surface area contributed by atoms with Gasteiger partial charge in [-0.1, -0.05) is 49.6 Å². The van der Waals surface area contributed by atoms with Crippen LogP contribution in [-0.4, -0.2) is 67.0 Å². The van der Waals surface area contributed by atoms with Crippen molar-refractivity contribution in [3.05, 3.63) is 35.9 Å². The molecule has 1 aliphatic carbocycles. The van der Waals surface area contributed by atoms with E-state index in [-0.39, 0.29) is 23.4 Å². The van der Waals surface area contributed by atoms with Crippen LogP contribution in [0.3, 0.4) is 0 Å². The van der Waals surface area contributed by atoms with Crippen molar-refractivity contribution < 1.29 is 9.59 Å². The van der Waals surface area contributed by atoms with Gasteiger partial charge in [-0.15, -0.1) is 0 Å². The van der Waals surface area contributed by atoms with Crippen molar-refractivity contribution in [1.82, 2.24) is 20.4 Å². The molecule has 3 amide bonds. The summed E-state index contributed by atoms with van der Waals surface area (Å²) in [5, 5.41) is 6.12. The van der Waals surface area contributed by atoms with Crippen LogP contribution in [0.2, 0.25) is 0 Å². The fourth-order valence-electron chi connectivity index (χ4n) is 4.91. The maximum absolute atomic E-state index is 12.9. The van der Waals surface area contributed by atoms with Gasteiger partial charge in [-0.25, -0.2) is 4.79 Å². The highest BCUT2D eigenvalue weighted by Crippen LogP contribution is 2.38. The van der Waals surface area contributed by atoms with Gasteiger partial charge >= 0.3 is 6.03 Å². The van der Waals surface area contributed by atoms with E-state index >= 15 is 0 Å². The van der Waals surface area contributed by atoms with Crippen LogP contribution in [-0.2, 0) is 10.2 Å². The Morgan fingerprint density at radius 2 is 1.89 bits per heavy atom. The molecule has 2 heterocycles. The normalized spacial score (nSPS) is 25.4. The molecule has 6 nitrogen and oxygen atoms in total. The van der Waals surface area contributed by atoms with E-state index in [2.05, 4.69) is 39.8 Å². The number of nitrogens with one attached hydrogen (secondary N) is 2. The SMILES string of the molecule is O=C1NCCN2CCN(C(=O)NCC3(c4ccccc4)CCCCC3)CC12. The lowest BCUT2D eigenvalue weighted by atomic mass is 9.69. The van der Waals surface area contributed by atoms with E-state index in [1.165, 1.54) is 24.8 Å². The van der Waals surface area contributed by atoms with E-state index in [4.69, 9.17) is 0 Å². The summed E-state index contributed by atoms with van der Waals surface area (Å²) < 4.78 is 0. The largest absolute Gasteiger partial charge is 0.353 e. The van der Waals surface area contributed by atoms with Crippen LogP contribution in [0.5, 0.6) is 0 Å². The highest BCUT2D eigenvalue weighted by atomic mass is 16.2. The zero-order valence-electron chi connectivity index (χ0n) is 16.0. The van der Waals surface area contributed by atoms with Crippen molar-refractivity contribution in [2.24, 2.45) is 0 Å². The molecule has 0 bridgehead atoms. The molecule has 0 radical (unpaired) electrons. The number of benzene rings is 1. The average molecular weight is 370 g/mol. The summed E-state index contributed by atoms with van der Waals surface area (Å²) in [6, 6.07) is 10.4. The number of hydrogen-bond donors (Lipinski definition) is 2. The number of nitrogens with zero attached hydrogens (tertiary/aromatic N) is 2. The first-order valence-electron chi connectivity index (χ1n) is 10.3. The number of carbonyl (C=O) groups excluding carboxylic acids is 2. The Hall–Kier alpha value is -2.08. The molecule has 146 valence electrons. The summed E-state index contributed by atoms with van der Waals surface area (Å²) in [4.78, 5) is 29.0. The Bertz CT molecular complexity index is 672. The molecule has 3 aliphatic rings. The summed E-state index contributed by atoms with van der Waals surface area (Å²) in [5.74, 6) is 0.0480. The van der Waals surface area contributed by atoms with Gasteiger partial charge in [0.05, 0.1) is 0 Å². The second-order valence-corrected chi connectivity index (χ2v) is 8.15.